The second-order valence-electron chi connectivity index (χ2n) is 5.77. The number of aryl methyl sites for hydroxylation is 1. The second kappa shape index (κ2) is 7.02. The van der Waals surface area contributed by atoms with Crippen molar-refractivity contribution in [2.75, 3.05) is 4.90 Å². The largest absolute Gasteiger partial charge is 0.308 e. The average Bonchev–Trinajstić information content (AvgIpc) is 2.46. The molecule has 0 saturated heterocycles. The van der Waals surface area contributed by atoms with Crippen LogP contribution in [0.1, 0.15) is 31.4 Å². The Balaban J connectivity index is 2.25. The van der Waals surface area contributed by atoms with E-state index >= 15 is 0 Å². The molecule has 0 N–H and O–H groups in total. The van der Waals surface area contributed by atoms with Crippen molar-refractivity contribution in [2.45, 2.75) is 33.7 Å². The molecule has 0 bridgehead atoms. The molecule has 0 aliphatic carbocycles. The Bertz CT molecular complexity index is 576. The number of carbonyl (C=O) groups is 1. The Hall–Kier alpha value is -2.16. The van der Waals surface area contributed by atoms with Gasteiger partial charge in [0.1, 0.15) is 0 Å². The third kappa shape index (κ3) is 4.42. The predicted molar refractivity (Wildman–Crippen MR) is 86.1 cm³/mol. The fraction of sp³-hybridized carbons (Fsp3) is 0.333. The first-order chi connectivity index (χ1) is 10.1. The molecule has 3 heteroatoms. The van der Waals surface area contributed by atoms with E-state index in [0.717, 1.165) is 11.3 Å². The topological polar surface area (TPSA) is 33.2 Å². The summed E-state index contributed by atoms with van der Waals surface area (Å²) in [5.41, 5.74) is 3.17. The fourth-order valence-electron chi connectivity index (χ4n) is 2.18. The standard InChI is InChI=1S/C18H22N2O/c1-14(2)11-18(21)20(13-16-5-4-10-19-12-16)17-8-6-15(3)7-9-17/h4-10,12,14H,11,13H2,1-3H3. The van der Waals surface area contributed by atoms with E-state index < -0.39 is 0 Å². The van der Waals surface area contributed by atoms with Crippen LogP contribution < -0.4 is 4.90 Å². The molecule has 0 unspecified atom stereocenters. The lowest BCUT2D eigenvalue weighted by Crippen LogP contribution is -2.31. The molecule has 0 radical (unpaired) electrons. The summed E-state index contributed by atoms with van der Waals surface area (Å²) in [4.78, 5) is 18.5. The van der Waals surface area contributed by atoms with Gasteiger partial charge in [0.15, 0.2) is 0 Å². The molecular weight excluding hydrogens is 260 g/mol. The first-order valence-electron chi connectivity index (χ1n) is 7.32. The number of hydrogen-bond donors (Lipinski definition) is 0. The van der Waals surface area contributed by atoms with Crippen LogP contribution in [-0.2, 0) is 11.3 Å². The molecule has 3 nitrogen and oxygen atoms in total. The van der Waals surface area contributed by atoms with Gasteiger partial charge in [0, 0.05) is 24.5 Å². The van der Waals surface area contributed by atoms with Crippen LogP contribution in [0.2, 0.25) is 0 Å². The second-order valence-corrected chi connectivity index (χ2v) is 5.77. The van der Waals surface area contributed by atoms with Crippen LogP contribution >= 0.6 is 0 Å². The summed E-state index contributed by atoms with van der Waals surface area (Å²) in [6, 6.07) is 12.0. The van der Waals surface area contributed by atoms with Gasteiger partial charge in [0.25, 0.3) is 0 Å². The van der Waals surface area contributed by atoms with Crippen LogP contribution in [0.3, 0.4) is 0 Å². The highest BCUT2D eigenvalue weighted by Crippen LogP contribution is 2.20. The Morgan fingerprint density at radius 2 is 1.90 bits per heavy atom. The van der Waals surface area contributed by atoms with E-state index in [9.17, 15) is 4.79 Å². The molecular formula is C18H22N2O. The molecule has 0 saturated carbocycles. The monoisotopic (exact) mass is 282 g/mol. The van der Waals surface area contributed by atoms with Gasteiger partial charge >= 0.3 is 0 Å². The van der Waals surface area contributed by atoms with Crippen molar-refractivity contribution in [3.05, 3.63) is 59.9 Å². The van der Waals surface area contributed by atoms with Crippen LogP contribution in [0.15, 0.2) is 48.8 Å². The van der Waals surface area contributed by atoms with Crippen LogP contribution in [0.5, 0.6) is 0 Å². The van der Waals surface area contributed by atoms with Crippen molar-refractivity contribution in [3.63, 3.8) is 0 Å². The molecule has 0 aliphatic rings. The summed E-state index contributed by atoms with van der Waals surface area (Å²) in [5, 5.41) is 0. The minimum absolute atomic E-state index is 0.151. The third-order valence-electron chi connectivity index (χ3n) is 3.29. The molecule has 0 fully saturated rings. The SMILES string of the molecule is Cc1ccc(N(Cc2cccnc2)C(=O)CC(C)C)cc1. The van der Waals surface area contributed by atoms with Gasteiger partial charge in [-0.3, -0.25) is 9.78 Å². The van der Waals surface area contributed by atoms with Crippen molar-refractivity contribution < 1.29 is 4.79 Å². The quantitative estimate of drug-likeness (QED) is 0.831. The number of pyridine rings is 1. The lowest BCUT2D eigenvalue weighted by Gasteiger charge is -2.24. The summed E-state index contributed by atoms with van der Waals surface area (Å²) in [5.74, 6) is 0.497. The number of amides is 1. The molecule has 0 atom stereocenters. The van der Waals surface area contributed by atoms with Gasteiger partial charge in [-0.1, -0.05) is 37.6 Å². The first kappa shape index (κ1) is 15.2. The van der Waals surface area contributed by atoms with Gasteiger partial charge in [-0.2, -0.15) is 0 Å². The molecule has 1 aromatic heterocycles. The molecule has 0 aliphatic heterocycles. The van der Waals surface area contributed by atoms with Crippen LogP contribution in [0.25, 0.3) is 0 Å². The summed E-state index contributed by atoms with van der Waals surface area (Å²) < 4.78 is 0. The normalized spacial score (nSPS) is 10.7. The molecule has 21 heavy (non-hydrogen) atoms. The Labute approximate surface area is 126 Å². The van der Waals surface area contributed by atoms with Crippen LogP contribution in [0.4, 0.5) is 5.69 Å². The van der Waals surface area contributed by atoms with Crippen molar-refractivity contribution in [3.8, 4) is 0 Å². The van der Waals surface area contributed by atoms with Crippen LogP contribution in [0, 0.1) is 12.8 Å². The Morgan fingerprint density at radius 1 is 1.19 bits per heavy atom. The van der Waals surface area contributed by atoms with Gasteiger partial charge in [-0.25, -0.2) is 0 Å². The van der Waals surface area contributed by atoms with E-state index in [1.54, 1.807) is 6.20 Å². The minimum Gasteiger partial charge on any atom is -0.308 e. The molecule has 1 amide bonds. The molecule has 110 valence electrons. The minimum atomic E-state index is 0.151. The number of benzene rings is 1. The highest BCUT2D eigenvalue weighted by atomic mass is 16.2. The predicted octanol–water partition coefficient (Wildman–Crippen LogP) is 3.97. The van der Waals surface area contributed by atoms with Crippen LogP contribution in [-0.4, -0.2) is 10.9 Å². The Kier molecular flexibility index (Phi) is 5.09. The molecule has 0 spiro atoms. The number of rotatable bonds is 5. The van der Waals surface area contributed by atoms with Gasteiger partial charge in [0.05, 0.1) is 6.54 Å². The van der Waals surface area contributed by atoms with E-state index in [0.29, 0.717) is 18.9 Å². The summed E-state index contributed by atoms with van der Waals surface area (Å²) in [6.07, 6.45) is 4.10. The highest BCUT2D eigenvalue weighted by molar-refractivity contribution is 5.93. The molecule has 2 aromatic rings. The zero-order valence-corrected chi connectivity index (χ0v) is 12.9. The zero-order valence-electron chi connectivity index (χ0n) is 12.9. The van der Waals surface area contributed by atoms with Gasteiger partial charge < -0.3 is 4.90 Å². The smallest absolute Gasteiger partial charge is 0.227 e. The fourth-order valence-corrected chi connectivity index (χ4v) is 2.18. The number of carbonyl (C=O) groups excluding carboxylic acids is 1. The lowest BCUT2D eigenvalue weighted by molar-refractivity contribution is -0.119. The van der Waals surface area contributed by atoms with Gasteiger partial charge in [-0.15, -0.1) is 0 Å². The maximum absolute atomic E-state index is 12.5. The summed E-state index contributed by atoms with van der Waals surface area (Å²) in [6.45, 7) is 6.73. The number of anilines is 1. The average molecular weight is 282 g/mol. The van der Waals surface area contributed by atoms with E-state index in [1.807, 2.05) is 54.4 Å². The van der Waals surface area contributed by atoms with Crippen molar-refractivity contribution in [2.24, 2.45) is 5.92 Å². The van der Waals surface area contributed by atoms with Gasteiger partial charge in [0.2, 0.25) is 5.91 Å². The van der Waals surface area contributed by atoms with E-state index in [4.69, 9.17) is 0 Å². The number of nitrogens with zero attached hydrogens (tertiary/aromatic N) is 2. The van der Waals surface area contributed by atoms with Crippen molar-refractivity contribution >= 4 is 11.6 Å². The highest BCUT2D eigenvalue weighted by Gasteiger charge is 2.17. The molecule has 1 aromatic carbocycles. The van der Waals surface area contributed by atoms with E-state index in [1.165, 1.54) is 5.56 Å². The van der Waals surface area contributed by atoms with E-state index in [-0.39, 0.29) is 5.91 Å². The molecule has 2 rings (SSSR count). The summed E-state index contributed by atoms with van der Waals surface area (Å²) in [7, 11) is 0. The first-order valence-corrected chi connectivity index (χ1v) is 7.32. The maximum atomic E-state index is 12.5. The third-order valence-corrected chi connectivity index (χ3v) is 3.29. The van der Waals surface area contributed by atoms with E-state index in [2.05, 4.69) is 18.8 Å². The van der Waals surface area contributed by atoms with Gasteiger partial charge in [-0.05, 0) is 36.6 Å². The lowest BCUT2D eigenvalue weighted by atomic mass is 10.1. The Morgan fingerprint density at radius 3 is 2.48 bits per heavy atom. The number of hydrogen-bond acceptors (Lipinski definition) is 2. The van der Waals surface area contributed by atoms with Crippen molar-refractivity contribution in [1.82, 2.24) is 4.98 Å². The van der Waals surface area contributed by atoms with Crippen molar-refractivity contribution in [1.29, 1.82) is 0 Å². The maximum Gasteiger partial charge on any atom is 0.227 e. The molecule has 1 heterocycles. The zero-order chi connectivity index (χ0) is 15.2. The number of aromatic nitrogens is 1. The summed E-state index contributed by atoms with van der Waals surface area (Å²) >= 11 is 0.